The first-order chi connectivity index (χ1) is 19.5. The summed E-state index contributed by atoms with van der Waals surface area (Å²) in [7, 11) is 0. The van der Waals surface area contributed by atoms with E-state index in [-0.39, 0.29) is 29.4 Å². The molecule has 224 valence electrons. The lowest BCUT2D eigenvalue weighted by Gasteiger charge is -2.37. The Morgan fingerprint density at radius 2 is 1.68 bits per heavy atom. The van der Waals surface area contributed by atoms with E-state index in [1.165, 1.54) is 18.2 Å². The standard InChI is InChI=1S/C29H37F3N4O5/c1-21(2)20-40-27-19-25(7-8-26(27)36(38)39)41-24-9-13-35(14-10-24)28(37)11-12-33-15-17-34(18-16-33)23-5-3-22(4-6-23)29(30,31)32/h3-8,19,21,24H,9-18,20H2,1-2H3. The summed E-state index contributed by atoms with van der Waals surface area (Å²) in [5.74, 6) is 1.01. The molecule has 0 aromatic heterocycles. The third-order valence-electron chi connectivity index (χ3n) is 7.37. The van der Waals surface area contributed by atoms with Gasteiger partial charge in [-0.25, -0.2) is 0 Å². The molecular formula is C29H37F3N4O5. The Bertz CT molecular complexity index is 1180. The number of anilines is 1. The van der Waals surface area contributed by atoms with Crippen LogP contribution in [0.3, 0.4) is 0 Å². The smallest absolute Gasteiger partial charge is 0.416 e. The van der Waals surface area contributed by atoms with Gasteiger partial charge in [-0.1, -0.05) is 13.8 Å². The molecule has 0 radical (unpaired) electrons. The van der Waals surface area contributed by atoms with E-state index >= 15 is 0 Å². The zero-order valence-electron chi connectivity index (χ0n) is 23.4. The number of hydrogen-bond donors (Lipinski definition) is 0. The number of benzene rings is 2. The van der Waals surface area contributed by atoms with Crippen LogP contribution in [0.15, 0.2) is 42.5 Å². The highest BCUT2D eigenvalue weighted by Crippen LogP contribution is 2.33. The minimum atomic E-state index is -4.34. The maximum Gasteiger partial charge on any atom is 0.416 e. The van der Waals surface area contributed by atoms with Crippen molar-refractivity contribution in [2.24, 2.45) is 5.92 Å². The van der Waals surface area contributed by atoms with E-state index < -0.39 is 16.7 Å². The molecule has 2 aliphatic heterocycles. The molecule has 2 saturated heterocycles. The van der Waals surface area contributed by atoms with E-state index in [1.807, 2.05) is 18.7 Å². The SMILES string of the molecule is CC(C)COc1cc(OC2CCN(C(=O)CCN3CCN(c4ccc(C(F)(F)F)cc4)CC3)CC2)ccc1[N+](=O)[O-]. The average Bonchev–Trinajstić information content (AvgIpc) is 2.95. The van der Waals surface area contributed by atoms with E-state index in [1.54, 1.807) is 12.1 Å². The number of amides is 1. The van der Waals surface area contributed by atoms with Crippen LogP contribution < -0.4 is 14.4 Å². The van der Waals surface area contributed by atoms with Crippen LogP contribution in [0.5, 0.6) is 11.5 Å². The van der Waals surface area contributed by atoms with Crippen molar-refractivity contribution in [2.75, 3.05) is 57.3 Å². The molecule has 0 aliphatic carbocycles. The number of hydrogen-bond acceptors (Lipinski definition) is 7. The van der Waals surface area contributed by atoms with Crippen molar-refractivity contribution >= 4 is 17.3 Å². The molecule has 2 fully saturated rings. The first-order valence-corrected chi connectivity index (χ1v) is 14.0. The van der Waals surface area contributed by atoms with Crippen molar-refractivity contribution in [3.05, 3.63) is 58.1 Å². The summed E-state index contributed by atoms with van der Waals surface area (Å²) < 4.78 is 50.2. The highest BCUT2D eigenvalue weighted by Gasteiger charge is 2.30. The van der Waals surface area contributed by atoms with Gasteiger partial charge < -0.3 is 19.3 Å². The fourth-order valence-electron chi connectivity index (χ4n) is 5.01. The van der Waals surface area contributed by atoms with Crippen LogP contribution in [0.1, 0.15) is 38.7 Å². The monoisotopic (exact) mass is 578 g/mol. The molecule has 9 nitrogen and oxygen atoms in total. The highest BCUT2D eigenvalue weighted by atomic mass is 19.4. The third kappa shape index (κ3) is 8.48. The molecule has 12 heteroatoms. The van der Waals surface area contributed by atoms with Gasteiger partial charge in [0, 0.05) is 82.9 Å². The Labute approximate surface area is 237 Å². The minimum Gasteiger partial charge on any atom is -0.490 e. The summed E-state index contributed by atoms with van der Waals surface area (Å²) in [6.45, 7) is 8.94. The van der Waals surface area contributed by atoms with E-state index in [9.17, 15) is 28.1 Å². The number of piperidine rings is 1. The van der Waals surface area contributed by atoms with Gasteiger partial charge in [0.25, 0.3) is 0 Å². The number of halogens is 3. The van der Waals surface area contributed by atoms with Crippen LogP contribution in [-0.4, -0.2) is 79.2 Å². The minimum absolute atomic E-state index is 0.0910. The van der Waals surface area contributed by atoms with E-state index in [0.29, 0.717) is 64.3 Å². The van der Waals surface area contributed by atoms with Crippen molar-refractivity contribution in [1.82, 2.24) is 9.80 Å². The zero-order valence-corrected chi connectivity index (χ0v) is 23.4. The molecule has 0 N–H and O–H groups in total. The molecule has 2 aromatic carbocycles. The summed E-state index contributed by atoms with van der Waals surface area (Å²) in [5.41, 5.74) is 0.0208. The Kier molecular flexibility index (Phi) is 9.95. The molecule has 0 spiro atoms. The number of carbonyl (C=O) groups is 1. The second-order valence-corrected chi connectivity index (χ2v) is 10.9. The summed E-state index contributed by atoms with van der Waals surface area (Å²) in [6.07, 6.45) is -2.71. The second-order valence-electron chi connectivity index (χ2n) is 10.9. The summed E-state index contributed by atoms with van der Waals surface area (Å²) in [5, 5.41) is 11.3. The molecule has 41 heavy (non-hydrogen) atoms. The number of likely N-dealkylation sites (tertiary alicyclic amines) is 1. The second kappa shape index (κ2) is 13.4. The number of nitrogens with zero attached hydrogens (tertiary/aromatic N) is 4. The largest absolute Gasteiger partial charge is 0.490 e. The number of carbonyl (C=O) groups excluding carboxylic acids is 1. The van der Waals surface area contributed by atoms with Gasteiger partial charge in [0.1, 0.15) is 11.9 Å². The molecular weight excluding hydrogens is 541 g/mol. The van der Waals surface area contributed by atoms with Crippen LogP contribution in [0, 0.1) is 16.0 Å². The molecule has 2 aliphatic rings. The van der Waals surface area contributed by atoms with Crippen LogP contribution in [-0.2, 0) is 11.0 Å². The van der Waals surface area contributed by atoms with Gasteiger partial charge in [-0.05, 0) is 36.2 Å². The van der Waals surface area contributed by atoms with Gasteiger partial charge in [-0.15, -0.1) is 0 Å². The molecule has 0 saturated carbocycles. The third-order valence-corrected chi connectivity index (χ3v) is 7.37. The van der Waals surface area contributed by atoms with Crippen molar-refractivity contribution < 1.29 is 32.4 Å². The molecule has 1 amide bonds. The maximum atomic E-state index is 12.9. The Morgan fingerprint density at radius 3 is 2.27 bits per heavy atom. The summed E-state index contributed by atoms with van der Waals surface area (Å²) in [6, 6.07) is 9.78. The van der Waals surface area contributed by atoms with Crippen molar-refractivity contribution in [2.45, 2.75) is 45.4 Å². The first kappa shape index (κ1) is 30.4. The van der Waals surface area contributed by atoms with E-state index in [0.717, 1.165) is 30.9 Å². The summed E-state index contributed by atoms with van der Waals surface area (Å²) >= 11 is 0. The predicted octanol–water partition coefficient (Wildman–Crippen LogP) is 5.23. The van der Waals surface area contributed by atoms with E-state index in [2.05, 4.69) is 9.80 Å². The molecule has 2 heterocycles. The van der Waals surface area contributed by atoms with Crippen molar-refractivity contribution in [3.8, 4) is 11.5 Å². The number of ether oxygens (including phenoxy) is 2. The lowest BCUT2D eigenvalue weighted by Crippen LogP contribution is -2.48. The molecule has 4 rings (SSSR count). The number of nitro groups is 1. The van der Waals surface area contributed by atoms with Crippen LogP contribution in [0.2, 0.25) is 0 Å². The normalized spacial score (nSPS) is 17.1. The summed E-state index contributed by atoms with van der Waals surface area (Å²) in [4.78, 5) is 29.9. The fourth-order valence-corrected chi connectivity index (χ4v) is 5.01. The average molecular weight is 579 g/mol. The van der Waals surface area contributed by atoms with Crippen molar-refractivity contribution in [3.63, 3.8) is 0 Å². The molecule has 0 atom stereocenters. The number of piperazine rings is 1. The van der Waals surface area contributed by atoms with Gasteiger partial charge in [0.05, 0.1) is 17.1 Å². The van der Waals surface area contributed by atoms with E-state index in [4.69, 9.17) is 9.47 Å². The lowest BCUT2D eigenvalue weighted by atomic mass is 10.1. The molecule has 0 bridgehead atoms. The Hall–Kier alpha value is -3.54. The number of alkyl halides is 3. The maximum absolute atomic E-state index is 12.9. The predicted molar refractivity (Wildman–Crippen MR) is 148 cm³/mol. The Balaban J connectivity index is 1.18. The number of nitro benzene ring substituents is 1. The highest BCUT2D eigenvalue weighted by molar-refractivity contribution is 5.76. The fraction of sp³-hybridized carbons (Fsp3) is 0.552. The van der Waals surface area contributed by atoms with Crippen LogP contribution in [0.25, 0.3) is 0 Å². The lowest BCUT2D eigenvalue weighted by molar-refractivity contribution is -0.385. The zero-order chi connectivity index (χ0) is 29.6. The van der Waals surface area contributed by atoms with Crippen LogP contribution >= 0.6 is 0 Å². The molecule has 2 aromatic rings. The Morgan fingerprint density at radius 1 is 1.02 bits per heavy atom. The van der Waals surface area contributed by atoms with Crippen LogP contribution in [0.4, 0.5) is 24.5 Å². The topological polar surface area (TPSA) is 88.4 Å². The first-order valence-electron chi connectivity index (χ1n) is 14.0. The van der Waals surface area contributed by atoms with Gasteiger partial charge in [0.15, 0.2) is 0 Å². The van der Waals surface area contributed by atoms with Crippen molar-refractivity contribution in [1.29, 1.82) is 0 Å². The van der Waals surface area contributed by atoms with Gasteiger partial charge in [-0.2, -0.15) is 13.2 Å². The van der Waals surface area contributed by atoms with Gasteiger partial charge in [-0.3, -0.25) is 19.8 Å². The quantitative estimate of drug-likeness (QED) is 0.282. The molecule has 0 unspecified atom stereocenters. The number of rotatable bonds is 10. The van der Waals surface area contributed by atoms with Gasteiger partial charge in [0.2, 0.25) is 11.7 Å². The van der Waals surface area contributed by atoms with Gasteiger partial charge >= 0.3 is 11.9 Å².